The van der Waals surface area contributed by atoms with Gasteiger partial charge in [0.15, 0.2) is 0 Å². The molecule has 0 aromatic heterocycles. The van der Waals surface area contributed by atoms with Crippen LogP contribution in [0.2, 0.25) is 0 Å². The summed E-state index contributed by atoms with van der Waals surface area (Å²) < 4.78 is 6.21. The van der Waals surface area contributed by atoms with E-state index < -0.39 is 0 Å². The van der Waals surface area contributed by atoms with E-state index in [0.29, 0.717) is 6.10 Å². The van der Waals surface area contributed by atoms with Gasteiger partial charge in [-0.3, -0.25) is 4.90 Å². The largest absolute Gasteiger partial charge is 0.489 e. The smallest absolute Gasteiger partial charge is 0.120 e. The number of ether oxygens (including phenoxy) is 1. The molecule has 1 unspecified atom stereocenters. The molecule has 1 aliphatic rings. The number of benzene rings is 3. The molecule has 2 nitrogen and oxygen atoms in total. The summed E-state index contributed by atoms with van der Waals surface area (Å²) in [5, 5.41) is 2.50. The molecule has 0 amide bonds. The van der Waals surface area contributed by atoms with Crippen LogP contribution in [0.5, 0.6) is 5.75 Å². The van der Waals surface area contributed by atoms with Gasteiger partial charge >= 0.3 is 0 Å². The van der Waals surface area contributed by atoms with Crippen molar-refractivity contribution in [3.8, 4) is 5.75 Å². The molecule has 0 aliphatic carbocycles. The zero-order valence-corrected chi connectivity index (χ0v) is 13.2. The Morgan fingerprint density at radius 3 is 2.52 bits per heavy atom. The fourth-order valence-corrected chi connectivity index (χ4v) is 3.31. The lowest BCUT2D eigenvalue weighted by Crippen LogP contribution is -2.24. The summed E-state index contributed by atoms with van der Waals surface area (Å²) in [5.74, 6) is 0.982. The maximum Gasteiger partial charge on any atom is 0.120 e. The van der Waals surface area contributed by atoms with E-state index in [0.717, 1.165) is 31.8 Å². The van der Waals surface area contributed by atoms with Crippen molar-refractivity contribution in [2.45, 2.75) is 19.1 Å². The van der Waals surface area contributed by atoms with Crippen molar-refractivity contribution in [2.75, 3.05) is 13.1 Å². The van der Waals surface area contributed by atoms with Gasteiger partial charge in [0.2, 0.25) is 0 Å². The molecule has 1 heterocycles. The molecule has 0 radical (unpaired) electrons. The van der Waals surface area contributed by atoms with E-state index in [1.165, 1.54) is 16.3 Å². The normalized spacial score (nSPS) is 18.3. The van der Waals surface area contributed by atoms with E-state index in [1.54, 1.807) is 0 Å². The van der Waals surface area contributed by atoms with Crippen LogP contribution in [0.4, 0.5) is 0 Å². The van der Waals surface area contributed by atoms with Gasteiger partial charge in [-0.05, 0) is 34.9 Å². The molecule has 0 bridgehead atoms. The van der Waals surface area contributed by atoms with Gasteiger partial charge in [-0.25, -0.2) is 0 Å². The minimum absolute atomic E-state index is 0.292. The predicted molar refractivity (Wildman–Crippen MR) is 94.7 cm³/mol. The molecule has 116 valence electrons. The number of hydrogen-bond donors (Lipinski definition) is 0. The predicted octanol–water partition coefficient (Wildman–Crippen LogP) is 4.49. The second-order valence-electron chi connectivity index (χ2n) is 6.26. The molecule has 1 aliphatic heterocycles. The number of rotatable bonds is 4. The van der Waals surface area contributed by atoms with Crippen molar-refractivity contribution in [1.82, 2.24) is 4.90 Å². The summed E-state index contributed by atoms with van der Waals surface area (Å²) in [6.07, 6.45) is 1.39. The van der Waals surface area contributed by atoms with Crippen molar-refractivity contribution >= 4 is 10.8 Å². The molecule has 0 saturated carbocycles. The van der Waals surface area contributed by atoms with Crippen molar-refractivity contribution in [2.24, 2.45) is 0 Å². The van der Waals surface area contributed by atoms with Crippen molar-refractivity contribution in [3.05, 3.63) is 78.4 Å². The Morgan fingerprint density at radius 1 is 0.870 bits per heavy atom. The SMILES string of the molecule is c1ccc(CN2CCC(Oc3ccc4ccccc4c3)C2)cc1. The molecule has 0 spiro atoms. The monoisotopic (exact) mass is 303 g/mol. The van der Waals surface area contributed by atoms with Gasteiger partial charge in [0.25, 0.3) is 0 Å². The van der Waals surface area contributed by atoms with Gasteiger partial charge < -0.3 is 4.74 Å². The zero-order valence-electron chi connectivity index (χ0n) is 13.2. The lowest BCUT2D eigenvalue weighted by atomic mass is 10.1. The first-order chi connectivity index (χ1) is 11.4. The summed E-state index contributed by atoms with van der Waals surface area (Å²) >= 11 is 0. The topological polar surface area (TPSA) is 12.5 Å². The Morgan fingerprint density at radius 2 is 1.65 bits per heavy atom. The minimum atomic E-state index is 0.292. The highest BCUT2D eigenvalue weighted by Gasteiger charge is 2.23. The first-order valence-corrected chi connectivity index (χ1v) is 8.28. The van der Waals surface area contributed by atoms with E-state index in [9.17, 15) is 0 Å². The molecular weight excluding hydrogens is 282 g/mol. The van der Waals surface area contributed by atoms with E-state index >= 15 is 0 Å². The molecular formula is C21H21NO. The fourth-order valence-electron chi connectivity index (χ4n) is 3.31. The van der Waals surface area contributed by atoms with Gasteiger partial charge in [-0.15, -0.1) is 0 Å². The van der Waals surface area contributed by atoms with Crippen molar-refractivity contribution in [3.63, 3.8) is 0 Å². The van der Waals surface area contributed by atoms with Crippen molar-refractivity contribution < 1.29 is 4.74 Å². The molecule has 1 fully saturated rings. The zero-order chi connectivity index (χ0) is 15.5. The van der Waals surface area contributed by atoms with Crippen LogP contribution in [0.3, 0.4) is 0 Å². The van der Waals surface area contributed by atoms with Crippen LogP contribution in [0, 0.1) is 0 Å². The van der Waals surface area contributed by atoms with E-state index in [2.05, 4.69) is 77.7 Å². The standard InChI is InChI=1S/C21H21NO/c1-2-6-17(7-3-1)15-22-13-12-21(16-22)23-20-11-10-18-8-4-5-9-19(18)14-20/h1-11,14,21H,12-13,15-16H2. The van der Waals surface area contributed by atoms with Gasteiger partial charge in [0, 0.05) is 19.6 Å². The van der Waals surface area contributed by atoms with Crippen molar-refractivity contribution in [1.29, 1.82) is 0 Å². The van der Waals surface area contributed by atoms with Gasteiger partial charge in [-0.1, -0.05) is 60.7 Å². The molecule has 2 heteroatoms. The summed E-state index contributed by atoms with van der Waals surface area (Å²) in [4.78, 5) is 2.47. The van der Waals surface area contributed by atoms with Crippen LogP contribution in [0.1, 0.15) is 12.0 Å². The molecule has 1 saturated heterocycles. The minimum Gasteiger partial charge on any atom is -0.489 e. The number of likely N-dealkylation sites (tertiary alicyclic amines) is 1. The summed E-state index contributed by atoms with van der Waals surface area (Å²) in [6.45, 7) is 3.12. The third-order valence-electron chi connectivity index (χ3n) is 4.50. The van der Waals surface area contributed by atoms with Crippen LogP contribution in [-0.4, -0.2) is 24.1 Å². The average molecular weight is 303 g/mol. The van der Waals surface area contributed by atoms with E-state index in [4.69, 9.17) is 4.74 Å². The molecule has 3 aromatic rings. The molecule has 1 atom stereocenters. The highest BCUT2D eigenvalue weighted by Crippen LogP contribution is 2.24. The highest BCUT2D eigenvalue weighted by molar-refractivity contribution is 5.83. The lowest BCUT2D eigenvalue weighted by molar-refractivity contribution is 0.198. The van der Waals surface area contributed by atoms with Gasteiger partial charge in [0.1, 0.15) is 11.9 Å². The quantitative estimate of drug-likeness (QED) is 0.704. The maximum absolute atomic E-state index is 6.21. The summed E-state index contributed by atoms with van der Waals surface area (Å²) in [5.41, 5.74) is 1.37. The third-order valence-corrected chi connectivity index (χ3v) is 4.50. The second-order valence-corrected chi connectivity index (χ2v) is 6.26. The van der Waals surface area contributed by atoms with Crippen LogP contribution in [-0.2, 0) is 6.54 Å². The van der Waals surface area contributed by atoms with Crippen LogP contribution < -0.4 is 4.74 Å². The number of hydrogen-bond acceptors (Lipinski definition) is 2. The lowest BCUT2D eigenvalue weighted by Gasteiger charge is -2.17. The summed E-state index contributed by atoms with van der Waals surface area (Å²) in [6, 6.07) is 25.5. The Balaban J connectivity index is 1.39. The average Bonchev–Trinajstić information content (AvgIpc) is 3.02. The second kappa shape index (κ2) is 6.43. The first kappa shape index (κ1) is 14.3. The van der Waals surface area contributed by atoms with Crippen LogP contribution >= 0.6 is 0 Å². The molecule has 0 N–H and O–H groups in total. The Kier molecular flexibility index (Phi) is 3.99. The Labute approximate surface area is 137 Å². The molecule has 3 aromatic carbocycles. The molecule has 23 heavy (non-hydrogen) atoms. The fraction of sp³-hybridized carbons (Fsp3) is 0.238. The first-order valence-electron chi connectivity index (χ1n) is 8.28. The van der Waals surface area contributed by atoms with Crippen LogP contribution in [0.25, 0.3) is 10.8 Å². The molecule has 4 rings (SSSR count). The third kappa shape index (κ3) is 3.38. The Bertz CT molecular complexity index is 784. The maximum atomic E-state index is 6.21. The van der Waals surface area contributed by atoms with Gasteiger partial charge in [-0.2, -0.15) is 0 Å². The summed E-state index contributed by atoms with van der Waals surface area (Å²) in [7, 11) is 0. The Hall–Kier alpha value is -2.32. The van der Waals surface area contributed by atoms with E-state index in [-0.39, 0.29) is 0 Å². The number of fused-ring (bicyclic) bond motifs is 1. The van der Waals surface area contributed by atoms with E-state index in [1.807, 2.05) is 0 Å². The van der Waals surface area contributed by atoms with Crippen LogP contribution in [0.15, 0.2) is 72.8 Å². The van der Waals surface area contributed by atoms with Gasteiger partial charge in [0.05, 0.1) is 0 Å². The highest BCUT2D eigenvalue weighted by atomic mass is 16.5. The number of nitrogens with zero attached hydrogens (tertiary/aromatic N) is 1.